The summed E-state index contributed by atoms with van der Waals surface area (Å²) in [6.07, 6.45) is 0.681. The van der Waals surface area contributed by atoms with E-state index in [1.165, 1.54) is 0 Å². The zero-order chi connectivity index (χ0) is 24.0. The largest absolute Gasteiger partial charge is 0.493 e. The maximum atomic E-state index is 13.9. The van der Waals surface area contributed by atoms with Gasteiger partial charge in [-0.2, -0.15) is 0 Å². The first-order valence-electron chi connectivity index (χ1n) is 11.1. The molecule has 174 valence electrons. The van der Waals surface area contributed by atoms with E-state index in [1.807, 2.05) is 66.4 Å². The van der Waals surface area contributed by atoms with Crippen LogP contribution in [0.15, 0.2) is 59.1 Å². The van der Waals surface area contributed by atoms with Crippen LogP contribution in [0.5, 0.6) is 11.5 Å². The predicted molar refractivity (Wildman–Crippen MR) is 134 cm³/mol. The van der Waals surface area contributed by atoms with E-state index in [9.17, 15) is 9.59 Å². The van der Waals surface area contributed by atoms with Crippen LogP contribution in [0.4, 0.5) is 5.69 Å². The zero-order valence-electron chi connectivity index (χ0n) is 19.2. The molecule has 0 radical (unpaired) electrons. The van der Waals surface area contributed by atoms with Gasteiger partial charge in [0.25, 0.3) is 5.91 Å². The summed E-state index contributed by atoms with van der Waals surface area (Å²) < 4.78 is 12.0. The molecule has 34 heavy (non-hydrogen) atoms. The van der Waals surface area contributed by atoms with Crippen LogP contribution in [-0.4, -0.2) is 37.5 Å². The summed E-state index contributed by atoms with van der Waals surface area (Å²) in [6, 6.07) is 16.6. The number of carbonyl (C=O) groups is 2. The molecule has 2 heterocycles. The van der Waals surface area contributed by atoms with Gasteiger partial charge >= 0.3 is 0 Å². The number of benzene rings is 3. The van der Waals surface area contributed by atoms with Gasteiger partial charge in [-0.15, -0.1) is 0 Å². The van der Waals surface area contributed by atoms with Gasteiger partial charge in [0.15, 0.2) is 11.5 Å². The number of aryl methyl sites for hydroxylation is 1. The van der Waals surface area contributed by atoms with Crippen LogP contribution < -0.4 is 14.8 Å². The van der Waals surface area contributed by atoms with Crippen molar-refractivity contribution >= 4 is 33.4 Å². The Bertz CT molecular complexity index is 1310. The third-order valence-corrected chi connectivity index (χ3v) is 7.25. The molecule has 0 saturated carbocycles. The smallest absolute Gasteiger partial charge is 0.254 e. The Labute approximate surface area is 207 Å². The van der Waals surface area contributed by atoms with Crippen molar-refractivity contribution in [3.8, 4) is 11.5 Å². The lowest BCUT2D eigenvalue weighted by molar-refractivity contribution is -0.119. The van der Waals surface area contributed by atoms with Crippen molar-refractivity contribution in [3.63, 3.8) is 0 Å². The molecule has 0 aliphatic carbocycles. The maximum Gasteiger partial charge on any atom is 0.254 e. The lowest BCUT2D eigenvalue weighted by atomic mass is 9.75. The topological polar surface area (TPSA) is 67.9 Å². The number of amides is 2. The quantitative estimate of drug-likeness (QED) is 0.510. The number of fused-ring (bicyclic) bond motifs is 4. The van der Waals surface area contributed by atoms with Crippen LogP contribution in [0.3, 0.4) is 0 Å². The van der Waals surface area contributed by atoms with Crippen LogP contribution in [0.25, 0.3) is 0 Å². The van der Waals surface area contributed by atoms with Gasteiger partial charge in [0, 0.05) is 22.3 Å². The second-order valence-electron chi connectivity index (χ2n) is 8.61. The van der Waals surface area contributed by atoms with Crippen molar-refractivity contribution < 1.29 is 19.1 Å². The van der Waals surface area contributed by atoms with Crippen LogP contribution in [0.1, 0.15) is 44.6 Å². The SMILES string of the molecule is COc1cc2c(cc1OC)C1C(C(=O)Nc3ccc(Br)cc3C)c3ccccc3C(=O)N1CC2. The molecule has 3 aromatic carbocycles. The minimum atomic E-state index is -0.575. The van der Waals surface area contributed by atoms with Crippen LogP contribution in [0, 0.1) is 6.92 Å². The van der Waals surface area contributed by atoms with Gasteiger partial charge in [-0.05, 0) is 72.0 Å². The van der Waals surface area contributed by atoms with Crippen molar-refractivity contribution in [1.82, 2.24) is 4.90 Å². The van der Waals surface area contributed by atoms with E-state index in [4.69, 9.17) is 9.47 Å². The molecule has 2 amide bonds. The van der Waals surface area contributed by atoms with E-state index >= 15 is 0 Å². The number of rotatable bonds is 4. The van der Waals surface area contributed by atoms with Gasteiger partial charge in [-0.1, -0.05) is 34.1 Å². The molecule has 3 aromatic rings. The van der Waals surface area contributed by atoms with E-state index in [0.29, 0.717) is 30.0 Å². The Balaban J connectivity index is 1.65. The molecule has 2 aliphatic rings. The fourth-order valence-electron chi connectivity index (χ4n) is 5.11. The van der Waals surface area contributed by atoms with Crippen LogP contribution in [-0.2, 0) is 11.2 Å². The van der Waals surface area contributed by atoms with Gasteiger partial charge < -0.3 is 19.7 Å². The summed E-state index contributed by atoms with van der Waals surface area (Å²) in [7, 11) is 3.20. The summed E-state index contributed by atoms with van der Waals surface area (Å²) in [6.45, 7) is 2.49. The van der Waals surface area contributed by atoms with Gasteiger partial charge in [0.2, 0.25) is 5.91 Å². The Morgan fingerprint density at radius 2 is 1.76 bits per heavy atom. The first-order chi connectivity index (χ1) is 16.4. The number of hydrogen-bond donors (Lipinski definition) is 1. The number of ether oxygens (including phenoxy) is 2. The molecule has 0 saturated heterocycles. The minimum Gasteiger partial charge on any atom is -0.493 e. The fourth-order valence-corrected chi connectivity index (χ4v) is 5.59. The first kappa shape index (κ1) is 22.5. The average molecular weight is 521 g/mol. The normalized spacial score (nSPS) is 18.5. The molecule has 6 nitrogen and oxygen atoms in total. The summed E-state index contributed by atoms with van der Waals surface area (Å²) >= 11 is 3.48. The molecule has 2 aliphatic heterocycles. The summed E-state index contributed by atoms with van der Waals surface area (Å²) in [5, 5.41) is 3.12. The number of halogens is 1. The highest BCUT2D eigenvalue weighted by molar-refractivity contribution is 9.10. The molecule has 0 aromatic heterocycles. The highest BCUT2D eigenvalue weighted by atomic mass is 79.9. The summed E-state index contributed by atoms with van der Waals surface area (Å²) in [5.74, 6) is 0.447. The van der Waals surface area contributed by atoms with E-state index in [2.05, 4.69) is 21.2 Å². The third kappa shape index (κ3) is 3.64. The van der Waals surface area contributed by atoms with Gasteiger partial charge in [-0.25, -0.2) is 0 Å². The predicted octanol–water partition coefficient (Wildman–Crippen LogP) is 5.25. The second kappa shape index (κ2) is 8.80. The number of anilines is 1. The standard InChI is InChI=1S/C27H25BrN2O4/c1-15-12-17(28)8-9-21(15)29-26(31)24-18-6-4-5-7-19(18)27(32)30-11-10-16-13-22(33-2)23(34-3)14-20(16)25(24)30/h4-9,12-14,24-25H,10-11H2,1-3H3,(H,29,31). The van der Waals surface area contributed by atoms with Gasteiger partial charge in [-0.3, -0.25) is 9.59 Å². The zero-order valence-corrected chi connectivity index (χ0v) is 20.8. The van der Waals surface area contributed by atoms with E-state index in [0.717, 1.165) is 32.4 Å². The molecule has 0 fully saturated rings. The number of nitrogens with zero attached hydrogens (tertiary/aromatic N) is 1. The Morgan fingerprint density at radius 3 is 2.50 bits per heavy atom. The van der Waals surface area contributed by atoms with E-state index in [1.54, 1.807) is 14.2 Å². The third-order valence-electron chi connectivity index (χ3n) is 6.75. The Morgan fingerprint density at radius 1 is 1.03 bits per heavy atom. The van der Waals surface area contributed by atoms with Crippen LogP contribution in [0.2, 0.25) is 0 Å². The van der Waals surface area contributed by atoms with Gasteiger partial charge in [0.05, 0.1) is 26.2 Å². The molecule has 5 rings (SSSR count). The number of nitrogens with one attached hydrogen (secondary N) is 1. The average Bonchev–Trinajstić information content (AvgIpc) is 2.84. The molecular weight excluding hydrogens is 496 g/mol. The molecule has 2 atom stereocenters. The number of methoxy groups -OCH3 is 2. The van der Waals surface area contributed by atoms with Crippen molar-refractivity contribution in [2.75, 3.05) is 26.1 Å². The lowest BCUT2D eigenvalue weighted by Gasteiger charge is -2.45. The molecule has 1 N–H and O–H groups in total. The Kier molecular flexibility index (Phi) is 5.81. The fraction of sp³-hybridized carbons (Fsp3) is 0.259. The van der Waals surface area contributed by atoms with Crippen molar-refractivity contribution in [2.24, 2.45) is 0 Å². The summed E-state index contributed by atoms with van der Waals surface area (Å²) in [4.78, 5) is 29.2. The van der Waals surface area contributed by atoms with Gasteiger partial charge in [0.1, 0.15) is 0 Å². The Hall–Kier alpha value is -3.32. The lowest BCUT2D eigenvalue weighted by Crippen LogP contribution is -2.49. The minimum absolute atomic E-state index is 0.0510. The highest BCUT2D eigenvalue weighted by Gasteiger charge is 2.46. The van der Waals surface area contributed by atoms with E-state index in [-0.39, 0.29) is 11.8 Å². The van der Waals surface area contributed by atoms with Crippen molar-refractivity contribution in [1.29, 1.82) is 0 Å². The van der Waals surface area contributed by atoms with Crippen molar-refractivity contribution in [3.05, 3.63) is 86.9 Å². The molecular formula is C27H25BrN2O4. The van der Waals surface area contributed by atoms with Crippen molar-refractivity contribution in [2.45, 2.75) is 25.3 Å². The number of hydrogen-bond acceptors (Lipinski definition) is 4. The summed E-state index contributed by atoms with van der Waals surface area (Å²) in [5.41, 5.74) is 5.00. The maximum absolute atomic E-state index is 13.9. The van der Waals surface area contributed by atoms with Crippen LogP contribution >= 0.6 is 15.9 Å². The van der Waals surface area contributed by atoms with E-state index < -0.39 is 12.0 Å². The second-order valence-corrected chi connectivity index (χ2v) is 9.53. The highest BCUT2D eigenvalue weighted by Crippen LogP contribution is 2.48. The molecule has 2 unspecified atom stereocenters. The molecule has 0 spiro atoms. The first-order valence-corrected chi connectivity index (χ1v) is 11.9. The molecule has 0 bridgehead atoms. The number of carbonyl (C=O) groups excluding carboxylic acids is 2. The monoisotopic (exact) mass is 520 g/mol. The molecule has 7 heteroatoms.